The van der Waals surface area contributed by atoms with Crippen molar-refractivity contribution in [2.45, 2.75) is 11.1 Å². The van der Waals surface area contributed by atoms with Gasteiger partial charge in [-0.1, -0.05) is 30.3 Å². The molecule has 0 bridgehead atoms. The summed E-state index contributed by atoms with van der Waals surface area (Å²) in [5.74, 6) is -0.680. The fraction of sp³-hybridized carbons (Fsp3) is 0.118. The first-order valence-electron chi connectivity index (χ1n) is 7.58. The first-order valence-corrected chi connectivity index (χ1v) is 9.07. The molecule has 1 aromatic carbocycles. The van der Waals surface area contributed by atoms with E-state index in [1.807, 2.05) is 6.07 Å². The third-order valence-electron chi connectivity index (χ3n) is 3.68. The van der Waals surface area contributed by atoms with Gasteiger partial charge in [-0.15, -0.1) is 0 Å². The average molecular weight is 397 g/mol. The summed E-state index contributed by atoms with van der Waals surface area (Å²) in [4.78, 5) is 6.31. The van der Waals surface area contributed by atoms with Crippen molar-refractivity contribution in [1.82, 2.24) is 9.97 Å². The van der Waals surface area contributed by atoms with Crippen LogP contribution in [0.2, 0.25) is 0 Å². The van der Waals surface area contributed by atoms with E-state index in [0.29, 0.717) is 18.0 Å². The van der Waals surface area contributed by atoms with Crippen molar-refractivity contribution >= 4 is 15.8 Å². The first-order chi connectivity index (χ1) is 12.7. The Morgan fingerprint density at radius 2 is 1.85 bits per heavy atom. The largest absolute Gasteiger partial charge is 0.493 e. The highest BCUT2D eigenvalue weighted by Gasteiger charge is 2.32. The number of sulfonamides is 1. The summed E-state index contributed by atoms with van der Waals surface area (Å²) in [5, 5.41) is 0. The molecule has 142 valence electrons. The van der Waals surface area contributed by atoms with Crippen LogP contribution in [0.3, 0.4) is 0 Å². The quantitative estimate of drug-likeness (QED) is 0.684. The van der Waals surface area contributed by atoms with Gasteiger partial charge in [0.1, 0.15) is 4.90 Å². The van der Waals surface area contributed by atoms with Crippen LogP contribution >= 0.6 is 0 Å². The number of hydrogen-bond donors (Lipinski definition) is 2. The van der Waals surface area contributed by atoms with Crippen molar-refractivity contribution in [3.63, 3.8) is 0 Å². The molecule has 10 heteroatoms. The minimum absolute atomic E-state index is 0.0925. The average Bonchev–Trinajstić information content (AvgIpc) is 3.13. The Morgan fingerprint density at radius 3 is 2.48 bits per heavy atom. The molecule has 0 saturated heterocycles. The molecule has 0 fully saturated rings. The van der Waals surface area contributed by atoms with Gasteiger partial charge in [-0.2, -0.15) is 13.2 Å². The number of rotatable bonds is 5. The summed E-state index contributed by atoms with van der Waals surface area (Å²) in [6.07, 6.45) is -2.81. The topological polar surface area (TPSA) is 84.1 Å². The number of aromatic nitrogens is 2. The van der Waals surface area contributed by atoms with E-state index in [0.717, 1.165) is 12.7 Å². The van der Waals surface area contributed by atoms with Crippen LogP contribution in [0.4, 0.5) is 19.0 Å². The van der Waals surface area contributed by atoms with Gasteiger partial charge < -0.3 is 9.72 Å². The maximum absolute atomic E-state index is 12.8. The summed E-state index contributed by atoms with van der Waals surface area (Å²) in [7, 11) is -2.96. The van der Waals surface area contributed by atoms with Gasteiger partial charge in [-0.3, -0.25) is 4.72 Å². The lowest BCUT2D eigenvalue weighted by atomic mass is 10.2. The van der Waals surface area contributed by atoms with E-state index in [1.165, 1.54) is 12.3 Å². The Bertz CT molecular complexity index is 1050. The molecule has 2 N–H and O–H groups in total. The molecular formula is C17H14F3N3O3S. The van der Waals surface area contributed by atoms with Crippen molar-refractivity contribution in [1.29, 1.82) is 0 Å². The van der Waals surface area contributed by atoms with Crippen LogP contribution in [0.1, 0.15) is 5.56 Å². The van der Waals surface area contributed by atoms with Crippen LogP contribution in [-0.4, -0.2) is 25.5 Å². The van der Waals surface area contributed by atoms with Gasteiger partial charge in [-0.25, -0.2) is 13.4 Å². The number of methoxy groups -OCH3 is 1. The zero-order chi connectivity index (χ0) is 19.7. The van der Waals surface area contributed by atoms with Crippen LogP contribution in [0.15, 0.2) is 59.8 Å². The second kappa shape index (κ2) is 6.95. The Morgan fingerprint density at radius 1 is 1.15 bits per heavy atom. The molecule has 0 saturated carbocycles. The SMILES string of the molecule is COc1cc(C(F)(F)F)cnc1NS(=O)(=O)c1c[nH]c(-c2ccccc2)c1. The predicted molar refractivity (Wildman–Crippen MR) is 92.8 cm³/mol. The van der Waals surface area contributed by atoms with E-state index in [-0.39, 0.29) is 16.5 Å². The van der Waals surface area contributed by atoms with Crippen LogP contribution < -0.4 is 9.46 Å². The second-order valence-electron chi connectivity index (χ2n) is 5.49. The fourth-order valence-electron chi connectivity index (χ4n) is 2.33. The first kappa shape index (κ1) is 18.8. The number of anilines is 1. The number of hydrogen-bond acceptors (Lipinski definition) is 4. The number of benzene rings is 1. The number of nitrogens with one attached hydrogen (secondary N) is 2. The molecule has 2 aromatic heterocycles. The zero-order valence-electron chi connectivity index (χ0n) is 13.9. The lowest BCUT2D eigenvalue weighted by Crippen LogP contribution is -2.15. The minimum atomic E-state index is -4.62. The Kier molecular flexibility index (Phi) is 4.83. The Balaban J connectivity index is 1.90. The van der Waals surface area contributed by atoms with E-state index < -0.39 is 21.8 Å². The summed E-state index contributed by atoms with van der Waals surface area (Å²) in [6, 6.07) is 11.1. The lowest BCUT2D eigenvalue weighted by molar-refractivity contribution is -0.137. The molecule has 27 heavy (non-hydrogen) atoms. The highest BCUT2D eigenvalue weighted by molar-refractivity contribution is 7.92. The number of aromatic amines is 1. The highest BCUT2D eigenvalue weighted by Crippen LogP contribution is 2.34. The third kappa shape index (κ3) is 4.05. The maximum Gasteiger partial charge on any atom is 0.418 e. The Hall–Kier alpha value is -3.01. The molecule has 0 aliphatic carbocycles. The summed E-state index contributed by atoms with van der Waals surface area (Å²) in [5.41, 5.74) is 0.308. The molecule has 0 amide bonds. The summed E-state index contributed by atoms with van der Waals surface area (Å²) < 4.78 is 70.4. The van der Waals surface area contributed by atoms with E-state index >= 15 is 0 Å². The molecule has 0 aliphatic heterocycles. The number of halogens is 3. The monoisotopic (exact) mass is 397 g/mol. The third-order valence-corrected chi connectivity index (χ3v) is 5.00. The van der Waals surface area contributed by atoms with Crippen LogP contribution in [0, 0.1) is 0 Å². The summed E-state index contributed by atoms with van der Waals surface area (Å²) >= 11 is 0. The van der Waals surface area contributed by atoms with E-state index in [9.17, 15) is 21.6 Å². The second-order valence-corrected chi connectivity index (χ2v) is 7.18. The van der Waals surface area contributed by atoms with Gasteiger partial charge in [0.05, 0.1) is 12.7 Å². The molecular weight excluding hydrogens is 383 g/mol. The highest BCUT2D eigenvalue weighted by atomic mass is 32.2. The van der Waals surface area contributed by atoms with Gasteiger partial charge in [0, 0.05) is 18.1 Å². The molecule has 0 aliphatic rings. The number of H-pyrrole nitrogens is 1. The number of nitrogens with zero attached hydrogens (tertiary/aromatic N) is 1. The van der Waals surface area contributed by atoms with Gasteiger partial charge in [0.15, 0.2) is 11.6 Å². The smallest absolute Gasteiger partial charge is 0.418 e. The van der Waals surface area contributed by atoms with Crippen molar-refractivity contribution in [2.24, 2.45) is 0 Å². The Labute approximate surface area is 153 Å². The predicted octanol–water partition coefficient (Wildman–Crippen LogP) is 3.90. The van der Waals surface area contributed by atoms with Crippen molar-refractivity contribution in [3.8, 4) is 17.0 Å². The van der Waals surface area contributed by atoms with Crippen LogP contribution in [0.25, 0.3) is 11.3 Å². The fourth-order valence-corrected chi connectivity index (χ4v) is 3.34. The van der Waals surface area contributed by atoms with E-state index in [4.69, 9.17) is 4.74 Å². The molecule has 6 nitrogen and oxygen atoms in total. The number of ether oxygens (including phenoxy) is 1. The van der Waals surface area contributed by atoms with Gasteiger partial charge in [0.2, 0.25) is 0 Å². The molecule has 0 radical (unpaired) electrons. The molecule has 0 unspecified atom stereocenters. The number of alkyl halides is 3. The van der Waals surface area contributed by atoms with Gasteiger partial charge >= 0.3 is 6.18 Å². The number of pyridine rings is 1. The van der Waals surface area contributed by atoms with E-state index in [1.54, 1.807) is 24.3 Å². The maximum atomic E-state index is 12.8. The van der Waals surface area contributed by atoms with Gasteiger partial charge in [0.25, 0.3) is 10.0 Å². The van der Waals surface area contributed by atoms with E-state index in [2.05, 4.69) is 14.7 Å². The minimum Gasteiger partial charge on any atom is -0.493 e. The van der Waals surface area contributed by atoms with Crippen molar-refractivity contribution in [3.05, 3.63) is 60.4 Å². The van der Waals surface area contributed by atoms with Crippen LogP contribution in [0.5, 0.6) is 5.75 Å². The zero-order valence-corrected chi connectivity index (χ0v) is 14.7. The standard InChI is InChI=1S/C17H14F3N3O3S/c1-26-15-7-12(17(18,19)20)9-22-16(15)23-27(24,25)13-8-14(21-10-13)11-5-3-2-4-6-11/h2-10,21H,1H3,(H,22,23). The lowest BCUT2D eigenvalue weighted by Gasteiger charge is -2.12. The van der Waals surface area contributed by atoms with Gasteiger partial charge in [-0.05, 0) is 17.7 Å². The summed E-state index contributed by atoms with van der Waals surface area (Å²) in [6.45, 7) is 0. The molecule has 0 spiro atoms. The normalized spacial score (nSPS) is 12.0. The molecule has 3 rings (SSSR count). The van der Waals surface area contributed by atoms with Crippen molar-refractivity contribution < 1.29 is 26.3 Å². The van der Waals surface area contributed by atoms with Crippen molar-refractivity contribution in [2.75, 3.05) is 11.8 Å². The molecule has 0 atom stereocenters. The molecule has 2 heterocycles. The molecule has 3 aromatic rings. The van der Waals surface area contributed by atoms with Crippen LogP contribution in [-0.2, 0) is 16.2 Å².